The van der Waals surface area contributed by atoms with Crippen molar-refractivity contribution >= 4 is 15.9 Å². The Balaban J connectivity index is 2.41. The maximum Gasteiger partial charge on any atom is 0.0587 e. The van der Waals surface area contributed by atoms with E-state index in [0.717, 1.165) is 26.1 Å². The van der Waals surface area contributed by atoms with Gasteiger partial charge >= 0.3 is 0 Å². The molecule has 0 saturated heterocycles. The standard InChI is InChI=1S/C15H24BrNO/c1-3-5-14(12-17-8-9-18-2)10-13-6-4-7-15(16)11-13/h4,6-7,11,14,17H,3,5,8-10,12H2,1-2H3. The summed E-state index contributed by atoms with van der Waals surface area (Å²) in [5, 5.41) is 3.47. The van der Waals surface area contributed by atoms with Crippen LogP contribution in [0.5, 0.6) is 0 Å². The molecule has 0 radical (unpaired) electrons. The molecule has 0 aliphatic heterocycles. The van der Waals surface area contributed by atoms with Crippen molar-refractivity contribution in [3.63, 3.8) is 0 Å². The molecule has 1 unspecified atom stereocenters. The van der Waals surface area contributed by atoms with Crippen molar-refractivity contribution in [2.75, 3.05) is 26.8 Å². The summed E-state index contributed by atoms with van der Waals surface area (Å²) in [6.45, 7) is 5.05. The second-order valence-electron chi connectivity index (χ2n) is 4.69. The lowest BCUT2D eigenvalue weighted by molar-refractivity contribution is 0.197. The zero-order chi connectivity index (χ0) is 13.2. The van der Waals surface area contributed by atoms with Crippen LogP contribution in [0.2, 0.25) is 0 Å². The number of nitrogens with one attached hydrogen (secondary N) is 1. The Morgan fingerprint density at radius 3 is 2.89 bits per heavy atom. The Hall–Kier alpha value is -0.380. The smallest absolute Gasteiger partial charge is 0.0587 e. The molecule has 3 heteroatoms. The van der Waals surface area contributed by atoms with Crippen LogP contribution in [-0.4, -0.2) is 26.8 Å². The van der Waals surface area contributed by atoms with Crippen LogP contribution in [0, 0.1) is 5.92 Å². The average Bonchev–Trinajstić information content (AvgIpc) is 2.35. The molecule has 1 atom stereocenters. The van der Waals surface area contributed by atoms with Crippen LogP contribution in [-0.2, 0) is 11.2 Å². The van der Waals surface area contributed by atoms with Gasteiger partial charge in [-0.1, -0.05) is 41.4 Å². The van der Waals surface area contributed by atoms with Gasteiger partial charge in [0.25, 0.3) is 0 Å². The van der Waals surface area contributed by atoms with Crippen molar-refractivity contribution in [1.82, 2.24) is 5.32 Å². The van der Waals surface area contributed by atoms with Gasteiger partial charge in [0, 0.05) is 18.1 Å². The number of rotatable bonds is 9. The minimum atomic E-state index is 0.709. The lowest BCUT2D eigenvalue weighted by atomic mass is 9.95. The molecule has 1 aromatic carbocycles. The van der Waals surface area contributed by atoms with Crippen molar-refractivity contribution in [3.05, 3.63) is 34.3 Å². The summed E-state index contributed by atoms with van der Waals surface area (Å²) in [7, 11) is 1.74. The van der Waals surface area contributed by atoms with E-state index in [-0.39, 0.29) is 0 Å². The Morgan fingerprint density at radius 2 is 2.22 bits per heavy atom. The van der Waals surface area contributed by atoms with Gasteiger partial charge in [-0.15, -0.1) is 0 Å². The quantitative estimate of drug-likeness (QED) is 0.703. The van der Waals surface area contributed by atoms with Crippen LogP contribution in [0.1, 0.15) is 25.3 Å². The first-order valence-corrected chi connectivity index (χ1v) is 7.49. The molecule has 1 N–H and O–H groups in total. The van der Waals surface area contributed by atoms with Gasteiger partial charge in [0.05, 0.1) is 6.61 Å². The molecule has 0 aliphatic rings. The molecule has 102 valence electrons. The predicted molar refractivity (Wildman–Crippen MR) is 81.0 cm³/mol. The molecule has 0 aromatic heterocycles. The summed E-state index contributed by atoms with van der Waals surface area (Å²) in [6, 6.07) is 8.62. The highest BCUT2D eigenvalue weighted by Crippen LogP contribution is 2.17. The average molecular weight is 314 g/mol. The van der Waals surface area contributed by atoms with E-state index in [9.17, 15) is 0 Å². The lowest BCUT2D eigenvalue weighted by Crippen LogP contribution is -2.27. The number of halogens is 1. The third-order valence-electron chi connectivity index (χ3n) is 3.03. The van der Waals surface area contributed by atoms with E-state index >= 15 is 0 Å². The minimum Gasteiger partial charge on any atom is -0.383 e. The highest BCUT2D eigenvalue weighted by molar-refractivity contribution is 9.10. The van der Waals surface area contributed by atoms with Gasteiger partial charge < -0.3 is 10.1 Å². The van der Waals surface area contributed by atoms with Gasteiger partial charge in [-0.2, -0.15) is 0 Å². The number of methoxy groups -OCH3 is 1. The third kappa shape index (κ3) is 6.53. The molecule has 0 aliphatic carbocycles. The lowest BCUT2D eigenvalue weighted by Gasteiger charge is -2.17. The molecule has 0 bridgehead atoms. The first-order valence-electron chi connectivity index (χ1n) is 6.70. The summed E-state index contributed by atoms with van der Waals surface area (Å²) >= 11 is 3.53. The molecular formula is C15H24BrNO. The molecular weight excluding hydrogens is 290 g/mol. The van der Waals surface area contributed by atoms with Crippen molar-refractivity contribution in [2.45, 2.75) is 26.2 Å². The van der Waals surface area contributed by atoms with Gasteiger partial charge in [0.2, 0.25) is 0 Å². The van der Waals surface area contributed by atoms with Crippen LogP contribution < -0.4 is 5.32 Å². The van der Waals surface area contributed by atoms with E-state index in [0.29, 0.717) is 5.92 Å². The van der Waals surface area contributed by atoms with Crippen LogP contribution in [0.25, 0.3) is 0 Å². The van der Waals surface area contributed by atoms with Gasteiger partial charge in [-0.25, -0.2) is 0 Å². The fourth-order valence-corrected chi connectivity index (χ4v) is 2.61. The summed E-state index contributed by atoms with van der Waals surface area (Å²) < 4.78 is 6.22. The number of hydrogen-bond acceptors (Lipinski definition) is 2. The zero-order valence-corrected chi connectivity index (χ0v) is 13.0. The highest BCUT2D eigenvalue weighted by atomic mass is 79.9. The SMILES string of the molecule is CCCC(CNCCOC)Cc1cccc(Br)c1. The molecule has 0 saturated carbocycles. The first kappa shape index (κ1) is 15.7. The number of benzene rings is 1. The Morgan fingerprint density at radius 1 is 1.39 bits per heavy atom. The van der Waals surface area contributed by atoms with Crippen LogP contribution in [0.15, 0.2) is 28.7 Å². The maximum atomic E-state index is 5.05. The van der Waals surface area contributed by atoms with Crippen LogP contribution in [0.3, 0.4) is 0 Å². The zero-order valence-electron chi connectivity index (χ0n) is 11.4. The van der Waals surface area contributed by atoms with E-state index < -0.39 is 0 Å². The van der Waals surface area contributed by atoms with Crippen molar-refractivity contribution in [1.29, 1.82) is 0 Å². The van der Waals surface area contributed by atoms with E-state index in [4.69, 9.17) is 4.74 Å². The number of hydrogen-bond donors (Lipinski definition) is 1. The fraction of sp³-hybridized carbons (Fsp3) is 0.600. The summed E-state index contributed by atoms with van der Waals surface area (Å²) in [5.41, 5.74) is 1.41. The normalized spacial score (nSPS) is 12.6. The first-order chi connectivity index (χ1) is 8.76. The summed E-state index contributed by atoms with van der Waals surface area (Å²) in [6.07, 6.45) is 3.66. The molecule has 18 heavy (non-hydrogen) atoms. The molecule has 0 fully saturated rings. The van der Waals surface area contributed by atoms with Gasteiger partial charge in [-0.05, 0) is 43.0 Å². The third-order valence-corrected chi connectivity index (χ3v) is 3.52. The Kier molecular flexibility index (Phi) is 8.31. The molecule has 0 amide bonds. The van der Waals surface area contributed by atoms with E-state index in [1.54, 1.807) is 7.11 Å². The van der Waals surface area contributed by atoms with Crippen molar-refractivity contribution in [2.24, 2.45) is 5.92 Å². The minimum absolute atomic E-state index is 0.709. The van der Waals surface area contributed by atoms with Gasteiger partial charge in [0.1, 0.15) is 0 Å². The van der Waals surface area contributed by atoms with Gasteiger partial charge in [-0.3, -0.25) is 0 Å². The van der Waals surface area contributed by atoms with E-state index in [1.165, 1.54) is 22.9 Å². The van der Waals surface area contributed by atoms with Crippen LogP contribution in [0.4, 0.5) is 0 Å². The van der Waals surface area contributed by atoms with Gasteiger partial charge in [0.15, 0.2) is 0 Å². The second-order valence-corrected chi connectivity index (χ2v) is 5.60. The topological polar surface area (TPSA) is 21.3 Å². The van der Waals surface area contributed by atoms with Crippen molar-refractivity contribution in [3.8, 4) is 0 Å². The molecule has 1 rings (SSSR count). The highest BCUT2D eigenvalue weighted by Gasteiger charge is 2.08. The second kappa shape index (κ2) is 9.54. The molecule has 2 nitrogen and oxygen atoms in total. The van der Waals surface area contributed by atoms with E-state index in [1.807, 2.05) is 0 Å². The fourth-order valence-electron chi connectivity index (χ4n) is 2.16. The van der Waals surface area contributed by atoms with E-state index in [2.05, 4.69) is 52.4 Å². The molecule has 0 heterocycles. The van der Waals surface area contributed by atoms with Crippen molar-refractivity contribution < 1.29 is 4.74 Å². The largest absolute Gasteiger partial charge is 0.383 e. The van der Waals surface area contributed by atoms with Crippen LogP contribution >= 0.6 is 15.9 Å². The molecule has 0 spiro atoms. The maximum absolute atomic E-state index is 5.05. The predicted octanol–water partition coefficient (Wildman–Crippen LogP) is 3.64. The monoisotopic (exact) mass is 313 g/mol. The number of ether oxygens (including phenoxy) is 1. The Labute approximate surface area is 119 Å². The summed E-state index contributed by atoms with van der Waals surface area (Å²) in [5.74, 6) is 0.709. The summed E-state index contributed by atoms with van der Waals surface area (Å²) in [4.78, 5) is 0. The molecule has 1 aromatic rings. The Bertz CT molecular complexity index is 330.